The summed E-state index contributed by atoms with van der Waals surface area (Å²) in [5.74, 6) is -1.03. The summed E-state index contributed by atoms with van der Waals surface area (Å²) in [6.07, 6.45) is 2.28. The second-order valence-electron chi connectivity index (χ2n) is 4.12. The number of hydrogen-bond acceptors (Lipinski definition) is 2. The number of carbonyl (C=O) groups is 1. The Kier molecular flexibility index (Phi) is 3.88. The lowest BCUT2D eigenvalue weighted by atomic mass is 9.99. The first-order chi connectivity index (χ1) is 7.47. The van der Waals surface area contributed by atoms with Crippen molar-refractivity contribution in [1.29, 1.82) is 0 Å². The predicted octanol–water partition coefficient (Wildman–Crippen LogP) is 1.83. The summed E-state index contributed by atoms with van der Waals surface area (Å²) in [6.45, 7) is 5.57. The zero-order valence-corrected chi connectivity index (χ0v) is 9.80. The van der Waals surface area contributed by atoms with E-state index in [0.717, 1.165) is 12.0 Å². The number of aromatic nitrogens is 1. The summed E-state index contributed by atoms with van der Waals surface area (Å²) in [4.78, 5) is 22.9. The fraction of sp³-hybridized carbons (Fsp3) is 0.500. The Hall–Kier alpha value is -1.58. The van der Waals surface area contributed by atoms with Crippen molar-refractivity contribution in [2.45, 2.75) is 33.2 Å². The van der Waals surface area contributed by atoms with E-state index >= 15 is 0 Å². The fourth-order valence-electron chi connectivity index (χ4n) is 1.68. The van der Waals surface area contributed by atoms with Gasteiger partial charge < -0.3 is 9.67 Å². The van der Waals surface area contributed by atoms with Crippen molar-refractivity contribution in [3.05, 3.63) is 34.2 Å². The number of aryl methyl sites for hydroxylation is 1. The third kappa shape index (κ3) is 2.51. The predicted molar refractivity (Wildman–Crippen MR) is 61.6 cm³/mol. The lowest BCUT2D eigenvalue weighted by Crippen LogP contribution is -2.33. The van der Waals surface area contributed by atoms with Crippen LogP contribution in [-0.4, -0.2) is 15.6 Å². The molecule has 4 heteroatoms. The van der Waals surface area contributed by atoms with Crippen LogP contribution in [0.25, 0.3) is 0 Å². The topological polar surface area (TPSA) is 59.3 Å². The van der Waals surface area contributed by atoms with Crippen molar-refractivity contribution in [3.8, 4) is 0 Å². The molecule has 1 heterocycles. The van der Waals surface area contributed by atoms with Gasteiger partial charge in [-0.25, -0.2) is 4.79 Å². The summed E-state index contributed by atoms with van der Waals surface area (Å²) in [6, 6.07) is 2.43. The maximum atomic E-state index is 11.7. The molecule has 0 radical (unpaired) electrons. The number of nitrogens with zero attached hydrogens (tertiary/aromatic N) is 1. The second kappa shape index (κ2) is 4.96. The average Bonchev–Trinajstić information content (AvgIpc) is 2.21. The Bertz CT molecular complexity index is 436. The van der Waals surface area contributed by atoms with Crippen LogP contribution in [0.3, 0.4) is 0 Å². The van der Waals surface area contributed by atoms with Gasteiger partial charge in [0, 0.05) is 12.3 Å². The van der Waals surface area contributed by atoms with Crippen LogP contribution >= 0.6 is 0 Å². The molecule has 0 fully saturated rings. The molecular weight excluding hydrogens is 206 g/mol. The van der Waals surface area contributed by atoms with Gasteiger partial charge in [-0.1, -0.05) is 20.3 Å². The van der Waals surface area contributed by atoms with Gasteiger partial charge in [0.1, 0.15) is 6.04 Å². The number of carboxylic acid groups (broad SMARTS) is 1. The Balaban J connectivity index is 3.21. The molecule has 1 rings (SSSR count). The molecule has 0 unspecified atom stereocenters. The molecule has 4 nitrogen and oxygen atoms in total. The molecule has 0 aliphatic rings. The van der Waals surface area contributed by atoms with Gasteiger partial charge in [-0.3, -0.25) is 4.79 Å². The molecular formula is C12H17NO3. The molecule has 1 aromatic heterocycles. The third-order valence-corrected chi connectivity index (χ3v) is 2.84. The second-order valence-corrected chi connectivity index (χ2v) is 4.12. The summed E-state index contributed by atoms with van der Waals surface area (Å²) >= 11 is 0. The van der Waals surface area contributed by atoms with E-state index < -0.39 is 12.0 Å². The molecule has 0 saturated carbocycles. The largest absolute Gasteiger partial charge is 0.480 e. The molecule has 0 spiro atoms. The molecule has 1 aromatic rings. The zero-order valence-electron chi connectivity index (χ0n) is 9.80. The van der Waals surface area contributed by atoms with E-state index in [9.17, 15) is 9.59 Å². The molecule has 16 heavy (non-hydrogen) atoms. The van der Waals surface area contributed by atoms with Crippen LogP contribution < -0.4 is 5.56 Å². The molecule has 0 aromatic carbocycles. The van der Waals surface area contributed by atoms with Crippen molar-refractivity contribution < 1.29 is 9.90 Å². The van der Waals surface area contributed by atoms with Crippen molar-refractivity contribution in [1.82, 2.24) is 4.57 Å². The molecule has 1 N–H and O–H groups in total. The van der Waals surface area contributed by atoms with Crippen LogP contribution in [0.2, 0.25) is 0 Å². The van der Waals surface area contributed by atoms with Crippen LogP contribution in [-0.2, 0) is 4.79 Å². The van der Waals surface area contributed by atoms with E-state index in [1.165, 1.54) is 10.6 Å². The van der Waals surface area contributed by atoms with E-state index in [0.29, 0.717) is 0 Å². The van der Waals surface area contributed by atoms with Crippen molar-refractivity contribution in [2.24, 2.45) is 5.92 Å². The Morgan fingerprint density at radius 1 is 1.56 bits per heavy atom. The fourth-order valence-corrected chi connectivity index (χ4v) is 1.68. The van der Waals surface area contributed by atoms with E-state index in [-0.39, 0.29) is 11.5 Å². The lowest BCUT2D eigenvalue weighted by Gasteiger charge is -2.21. The number of pyridine rings is 1. The molecule has 0 amide bonds. The summed E-state index contributed by atoms with van der Waals surface area (Å²) < 4.78 is 1.30. The monoisotopic (exact) mass is 223 g/mol. The highest BCUT2D eigenvalue weighted by Crippen LogP contribution is 2.19. The minimum absolute atomic E-state index is 0.0714. The van der Waals surface area contributed by atoms with Crippen molar-refractivity contribution >= 4 is 5.97 Å². The molecule has 88 valence electrons. The van der Waals surface area contributed by atoms with Crippen LogP contribution in [0.5, 0.6) is 0 Å². The maximum Gasteiger partial charge on any atom is 0.327 e. The van der Waals surface area contributed by atoms with Crippen molar-refractivity contribution in [2.75, 3.05) is 0 Å². The average molecular weight is 223 g/mol. The van der Waals surface area contributed by atoms with E-state index in [4.69, 9.17) is 5.11 Å². The van der Waals surface area contributed by atoms with Gasteiger partial charge in [0.15, 0.2) is 0 Å². The van der Waals surface area contributed by atoms with Gasteiger partial charge in [-0.2, -0.15) is 0 Å². The number of carboxylic acids is 1. The minimum Gasteiger partial charge on any atom is -0.480 e. The Labute approximate surface area is 94.5 Å². The highest BCUT2D eigenvalue weighted by molar-refractivity contribution is 5.72. The minimum atomic E-state index is -0.958. The number of aliphatic carboxylic acids is 1. The molecule has 0 saturated heterocycles. The highest BCUT2D eigenvalue weighted by atomic mass is 16.4. The van der Waals surface area contributed by atoms with Crippen molar-refractivity contribution in [3.63, 3.8) is 0 Å². The first kappa shape index (κ1) is 12.5. The smallest absolute Gasteiger partial charge is 0.327 e. The van der Waals surface area contributed by atoms with Gasteiger partial charge in [-0.15, -0.1) is 0 Å². The summed E-state index contributed by atoms with van der Waals surface area (Å²) in [7, 11) is 0. The normalized spacial score (nSPS) is 14.4. The van der Waals surface area contributed by atoms with Crippen LogP contribution in [0.1, 0.15) is 31.9 Å². The van der Waals surface area contributed by atoms with Crippen LogP contribution in [0, 0.1) is 12.8 Å². The standard InChI is InChI=1S/C12H17NO3/c1-4-9(3)11(12(15)16)13-6-5-8(2)7-10(13)14/h5-7,9,11H,4H2,1-3H3,(H,15,16)/t9-,11+/m1/s1. The maximum absolute atomic E-state index is 11.7. The van der Waals surface area contributed by atoms with Gasteiger partial charge in [0.25, 0.3) is 5.56 Å². The van der Waals surface area contributed by atoms with Crippen LogP contribution in [0.15, 0.2) is 23.1 Å². The highest BCUT2D eigenvalue weighted by Gasteiger charge is 2.25. The first-order valence-corrected chi connectivity index (χ1v) is 5.39. The van der Waals surface area contributed by atoms with Crippen LogP contribution in [0.4, 0.5) is 0 Å². The summed E-state index contributed by atoms with van der Waals surface area (Å²) in [5, 5.41) is 9.16. The van der Waals surface area contributed by atoms with Gasteiger partial charge in [0.05, 0.1) is 0 Å². The number of hydrogen-bond donors (Lipinski definition) is 1. The van der Waals surface area contributed by atoms with E-state index in [1.54, 1.807) is 12.3 Å². The molecule has 0 bridgehead atoms. The third-order valence-electron chi connectivity index (χ3n) is 2.84. The van der Waals surface area contributed by atoms with Gasteiger partial charge in [-0.05, 0) is 24.5 Å². The number of rotatable bonds is 4. The molecule has 0 aliphatic carbocycles. The Morgan fingerprint density at radius 2 is 2.19 bits per heavy atom. The first-order valence-electron chi connectivity index (χ1n) is 5.39. The van der Waals surface area contributed by atoms with Gasteiger partial charge >= 0.3 is 5.97 Å². The quantitative estimate of drug-likeness (QED) is 0.847. The summed E-state index contributed by atoms with van der Waals surface area (Å²) in [5.41, 5.74) is 0.585. The molecule has 2 atom stereocenters. The van der Waals surface area contributed by atoms with E-state index in [1.807, 2.05) is 20.8 Å². The molecule has 0 aliphatic heterocycles. The Morgan fingerprint density at radius 3 is 2.62 bits per heavy atom. The van der Waals surface area contributed by atoms with E-state index in [2.05, 4.69) is 0 Å². The lowest BCUT2D eigenvalue weighted by molar-refractivity contribution is -0.142. The van der Waals surface area contributed by atoms with Gasteiger partial charge in [0.2, 0.25) is 0 Å². The SMILES string of the molecule is CC[C@@H](C)[C@@H](C(=O)O)n1ccc(C)cc1=O. The zero-order chi connectivity index (χ0) is 12.3.